The van der Waals surface area contributed by atoms with E-state index < -0.39 is 0 Å². The lowest BCUT2D eigenvalue weighted by Crippen LogP contribution is -2.02. The Labute approximate surface area is 93.1 Å². The molecule has 1 saturated heterocycles. The van der Waals surface area contributed by atoms with Gasteiger partial charge in [-0.15, -0.1) is 0 Å². The molecular weight excluding hydrogens is 192 g/mol. The Balaban J connectivity index is 1.62. The molecule has 1 fully saturated rings. The van der Waals surface area contributed by atoms with Gasteiger partial charge in [0.25, 0.3) is 0 Å². The highest BCUT2D eigenvalue weighted by atomic mass is 16.6. The number of hydrogen-bond acceptors (Lipinski definition) is 3. The Kier molecular flexibility index (Phi) is 7.88. The van der Waals surface area contributed by atoms with Crippen LogP contribution in [0.4, 0.5) is 0 Å². The van der Waals surface area contributed by atoms with Crippen molar-refractivity contribution in [1.29, 1.82) is 0 Å². The quantitative estimate of drug-likeness (QED) is 0.392. The second-order valence-electron chi connectivity index (χ2n) is 4.06. The second kappa shape index (κ2) is 9.13. The predicted molar refractivity (Wildman–Crippen MR) is 60.1 cm³/mol. The molecule has 1 heterocycles. The molecule has 0 aliphatic carbocycles. The molecule has 1 unspecified atom stereocenters. The minimum atomic E-state index is 0.410. The van der Waals surface area contributed by atoms with E-state index >= 15 is 0 Å². The average Bonchev–Trinajstić information content (AvgIpc) is 3.05. The summed E-state index contributed by atoms with van der Waals surface area (Å²) in [5.74, 6) is 0. The first-order valence-corrected chi connectivity index (χ1v) is 6.20. The van der Waals surface area contributed by atoms with Crippen molar-refractivity contribution in [3.63, 3.8) is 0 Å². The molecule has 1 rings (SSSR count). The molecule has 0 aromatic rings. The maximum absolute atomic E-state index is 5.45. The Morgan fingerprint density at radius 3 is 2.27 bits per heavy atom. The molecule has 1 atom stereocenters. The maximum atomic E-state index is 5.45. The van der Waals surface area contributed by atoms with E-state index in [4.69, 9.17) is 14.2 Å². The van der Waals surface area contributed by atoms with Gasteiger partial charge in [0.05, 0.1) is 13.2 Å². The standard InChI is InChI=1S/C12H24O3/c1-2-7-13-8-5-3-4-6-9-14-10-12-11-15-12/h12H,2-11H2,1H3. The lowest BCUT2D eigenvalue weighted by molar-refractivity contribution is 0.110. The van der Waals surface area contributed by atoms with Gasteiger partial charge in [-0.05, 0) is 19.3 Å². The molecule has 0 N–H and O–H groups in total. The minimum Gasteiger partial charge on any atom is -0.381 e. The molecule has 0 radical (unpaired) electrons. The minimum absolute atomic E-state index is 0.410. The van der Waals surface area contributed by atoms with Crippen molar-refractivity contribution in [2.24, 2.45) is 0 Å². The SMILES string of the molecule is CCCOCCCCCCOCC1CO1. The topological polar surface area (TPSA) is 31.0 Å². The van der Waals surface area contributed by atoms with Gasteiger partial charge in [0.2, 0.25) is 0 Å². The van der Waals surface area contributed by atoms with Crippen LogP contribution in [0.1, 0.15) is 39.0 Å². The van der Waals surface area contributed by atoms with Gasteiger partial charge >= 0.3 is 0 Å². The Morgan fingerprint density at radius 1 is 1.00 bits per heavy atom. The summed E-state index contributed by atoms with van der Waals surface area (Å²) in [6.07, 6.45) is 6.39. The lowest BCUT2D eigenvalue weighted by atomic mass is 10.2. The second-order valence-corrected chi connectivity index (χ2v) is 4.06. The molecule has 15 heavy (non-hydrogen) atoms. The molecule has 90 valence electrons. The third-order valence-electron chi connectivity index (χ3n) is 2.38. The fourth-order valence-electron chi connectivity index (χ4n) is 1.39. The largest absolute Gasteiger partial charge is 0.381 e. The number of rotatable bonds is 11. The lowest BCUT2D eigenvalue weighted by Gasteiger charge is -2.03. The first kappa shape index (κ1) is 12.9. The van der Waals surface area contributed by atoms with E-state index in [1.807, 2.05) is 0 Å². The van der Waals surface area contributed by atoms with Gasteiger partial charge in [-0.25, -0.2) is 0 Å². The highest BCUT2D eigenvalue weighted by Gasteiger charge is 2.21. The zero-order valence-electron chi connectivity index (χ0n) is 9.87. The molecular formula is C12H24O3. The molecule has 0 amide bonds. The van der Waals surface area contributed by atoms with Crippen LogP contribution in [0.15, 0.2) is 0 Å². The van der Waals surface area contributed by atoms with Crippen molar-refractivity contribution in [3.05, 3.63) is 0 Å². The number of unbranched alkanes of at least 4 members (excludes halogenated alkanes) is 3. The van der Waals surface area contributed by atoms with Gasteiger partial charge < -0.3 is 14.2 Å². The average molecular weight is 216 g/mol. The van der Waals surface area contributed by atoms with E-state index in [0.717, 1.165) is 39.5 Å². The van der Waals surface area contributed by atoms with Gasteiger partial charge in [0.15, 0.2) is 0 Å². The Morgan fingerprint density at radius 2 is 1.67 bits per heavy atom. The summed E-state index contributed by atoms with van der Waals surface area (Å²) in [4.78, 5) is 0. The molecule has 0 bridgehead atoms. The molecule has 1 aliphatic heterocycles. The van der Waals surface area contributed by atoms with E-state index in [2.05, 4.69) is 6.92 Å². The van der Waals surface area contributed by atoms with Gasteiger partial charge in [0, 0.05) is 19.8 Å². The fourth-order valence-corrected chi connectivity index (χ4v) is 1.39. The predicted octanol–water partition coefficient (Wildman–Crippen LogP) is 2.39. The Hall–Kier alpha value is -0.120. The van der Waals surface area contributed by atoms with Gasteiger partial charge in [-0.3, -0.25) is 0 Å². The van der Waals surface area contributed by atoms with Crippen LogP contribution in [-0.4, -0.2) is 39.1 Å². The normalized spacial score (nSPS) is 19.4. The van der Waals surface area contributed by atoms with Crippen molar-refractivity contribution in [2.75, 3.05) is 33.0 Å². The summed E-state index contributed by atoms with van der Waals surface area (Å²) >= 11 is 0. The van der Waals surface area contributed by atoms with E-state index in [1.54, 1.807) is 0 Å². The molecule has 0 spiro atoms. The van der Waals surface area contributed by atoms with E-state index in [1.165, 1.54) is 25.7 Å². The van der Waals surface area contributed by atoms with Crippen molar-refractivity contribution in [1.82, 2.24) is 0 Å². The molecule has 0 aromatic carbocycles. The van der Waals surface area contributed by atoms with Crippen molar-refractivity contribution in [3.8, 4) is 0 Å². The van der Waals surface area contributed by atoms with Gasteiger partial charge in [-0.1, -0.05) is 19.8 Å². The van der Waals surface area contributed by atoms with Crippen LogP contribution < -0.4 is 0 Å². The summed E-state index contributed by atoms with van der Waals surface area (Å²) in [5, 5.41) is 0. The number of epoxide rings is 1. The van der Waals surface area contributed by atoms with Crippen LogP contribution in [0.2, 0.25) is 0 Å². The molecule has 3 nitrogen and oxygen atoms in total. The van der Waals surface area contributed by atoms with Crippen LogP contribution in [0.3, 0.4) is 0 Å². The van der Waals surface area contributed by atoms with Crippen LogP contribution in [0.25, 0.3) is 0 Å². The zero-order chi connectivity index (χ0) is 10.8. The first-order chi connectivity index (χ1) is 7.43. The first-order valence-electron chi connectivity index (χ1n) is 6.20. The van der Waals surface area contributed by atoms with E-state index in [9.17, 15) is 0 Å². The highest BCUT2D eigenvalue weighted by molar-refractivity contribution is 4.66. The highest BCUT2D eigenvalue weighted by Crippen LogP contribution is 2.09. The third kappa shape index (κ3) is 8.85. The fraction of sp³-hybridized carbons (Fsp3) is 1.00. The van der Waals surface area contributed by atoms with Crippen molar-refractivity contribution < 1.29 is 14.2 Å². The maximum Gasteiger partial charge on any atom is 0.104 e. The summed E-state index contributed by atoms with van der Waals surface area (Å²) in [7, 11) is 0. The molecule has 1 aliphatic rings. The Bertz CT molecular complexity index is 135. The molecule has 3 heteroatoms. The third-order valence-corrected chi connectivity index (χ3v) is 2.38. The summed E-state index contributed by atoms with van der Waals surface area (Å²) < 4.78 is 15.9. The number of ether oxygens (including phenoxy) is 3. The summed E-state index contributed by atoms with van der Waals surface area (Å²) in [5.41, 5.74) is 0. The molecule has 0 aromatic heterocycles. The van der Waals surface area contributed by atoms with Crippen LogP contribution in [0, 0.1) is 0 Å². The van der Waals surface area contributed by atoms with Gasteiger partial charge in [-0.2, -0.15) is 0 Å². The van der Waals surface area contributed by atoms with E-state index in [0.29, 0.717) is 6.10 Å². The van der Waals surface area contributed by atoms with Crippen LogP contribution in [-0.2, 0) is 14.2 Å². The zero-order valence-corrected chi connectivity index (χ0v) is 9.87. The summed E-state index contributed by atoms with van der Waals surface area (Å²) in [6.45, 7) is 6.54. The van der Waals surface area contributed by atoms with Crippen molar-refractivity contribution in [2.45, 2.75) is 45.1 Å². The summed E-state index contributed by atoms with van der Waals surface area (Å²) in [6, 6.07) is 0. The number of hydrogen-bond donors (Lipinski definition) is 0. The van der Waals surface area contributed by atoms with Crippen LogP contribution >= 0.6 is 0 Å². The van der Waals surface area contributed by atoms with Crippen LogP contribution in [0.5, 0.6) is 0 Å². The van der Waals surface area contributed by atoms with Gasteiger partial charge in [0.1, 0.15) is 6.10 Å². The smallest absolute Gasteiger partial charge is 0.104 e. The molecule has 0 saturated carbocycles. The van der Waals surface area contributed by atoms with Crippen molar-refractivity contribution >= 4 is 0 Å². The monoisotopic (exact) mass is 216 g/mol. The van der Waals surface area contributed by atoms with E-state index in [-0.39, 0.29) is 0 Å².